The molecule has 0 bridgehead atoms. The molecule has 1 aromatic carbocycles. The van der Waals surface area contributed by atoms with Gasteiger partial charge in [0, 0.05) is 18.1 Å². The summed E-state index contributed by atoms with van der Waals surface area (Å²) in [7, 11) is 0. The molecular formula is C10H14ClNOS2. The minimum atomic E-state index is 0.551. The minimum absolute atomic E-state index is 0.551. The average molecular weight is 264 g/mol. The summed E-state index contributed by atoms with van der Waals surface area (Å²) in [6.45, 7) is 1.17. The first kappa shape index (κ1) is 13.0. The molecular weight excluding hydrogens is 250 g/mol. The summed E-state index contributed by atoms with van der Waals surface area (Å²) in [5.41, 5.74) is 2.35. The maximum Gasteiger partial charge on any atom is 0.119 e. The number of hydrogen-bond acceptors (Lipinski definition) is 4. The molecule has 0 fully saturated rings. The first-order valence-corrected chi connectivity index (χ1v) is 6.26. The highest BCUT2D eigenvalue weighted by molar-refractivity contribution is 7.79. The number of rotatable bonds is 6. The van der Waals surface area contributed by atoms with Gasteiger partial charge in [0.1, 0.15) is 12.4 Å². The van der Waals surface area contributed by atoms with Crippen LogP contribution in [-0.2, 0) is 11.5 Å². The molecule has 0 aliphatic carbocycles. The monoisotopic (exact) mass is 263 g/mol. The second kappa shape index (κ2) is 7.28. The van der Waals surface area contributed by atoms with Crippen molar-refractivity contribution in [2.75, 3.05) is 13.2 Å². The SMILES string of the molecule is SCc1ccc(OCCNCl)cc1CS. The summed E-state index contributed by atoms with van der Waals surface area (Å²) in [5, 5.41) is 0. The van der Waals surface area contributed by atoms with Crippen molar-refractivity contribution < 1.29 is 4.74 Å². The molecule has 0 spiro atoms. The second-order valence-electron chi connectivity index (χ2n) is 2.98. The average Bonchev–Trinajstić information content (AvgIpc) is 2.29. The summed E-state index contributed by atoms with van der Waals surface area (Å²) in [6.07, 6.45) is 0. The molecule has 1 N–H and O–H groups in total. The van der Waals surface area contributed by atoms with E-state index in [1.165, 1.54) is 5.56 Å². The smallest absolute Gasteiger partial charge is 0.119 e. The maximum absolute atomic E-state index is 5.48. The van der Waals surface area contributed by atoms with Gasteiger partial charge in [-0.2, -0.15) is 25.3 Å². The second-order valence-corrected chi connectivity index (χ2v) is 3.88. The topological polar surface area (TPSA) is 21.3 Å². The molecule has 1 aromatic rings. The van der Waals surface area contributed by atoms with Crippen LogP contribution >= 0.6 is 37.0 Å². The van der Waals surface area contributed by atoms with E-state index in [2.05, 4.69) is 30.1 Å². The van der Waals surface area contributed by atoms with Gasteiger partial charge in [-0.3, -0.25) is 0 Å². The van der Waals surface area contributed by atoms with Gasteiger partial charge < -0.3 is 4.74 Å². The predicted molar refractivity (Wildman–Crippen MR) is 71.2 cm³/mol. The first-order chi connectivity index (χ1) is 7.31. The van der Waals surface area contributed by atoms with Crippen molar-refractivity contribution in [2.45, 2.75) is 11.5 Å². The van der Waals surface area contributed by atoms with Crippen LogP contribution in [0.3, 0.4) is 0 Å². The van der Waals surface area contributed by atoms with Crippen LogP contribution in [0.2, 0.25) is 0 Å². The van der Waals surface area contributed by atoms with E-state index in [4.69, 9.17) is 16.5 Å². The fourth-order valence-electron chi connectivity index (χ4n) is 1.20. The molecule has 0 atom stereocenters. The quantitative estimate of drug-likeness (QED) is 0.417. The van der Waals surface area contributed by atoms with Crippen molar-refractivity contribution in [3.05, 3.63) is 29.3 Å². The number of ether oxygens (including phenoxy) is 1. The van der Waals surface area contributed by atoms with Crippen molar-refractivity contribution in [3.63, 3.8) is 0 Å². The van der Waals surface area contributed by atoms with Crippen LogP contribution in [0.25, 0.3) is 0 Å². The van der Waals surface area contributed by atoms with E-state index in [0.717, 1.165) is 17.1 Å². The van der Waals surface area contributed by atoms with Gasteiger partial charge in [0.05, 0.1) is 0 Å². The number of halogens is 1. The van der Waals surface area contributed by atoms with E-state index in [1.54, 1.807) is 0 Å². The third-order valence-electron chi connectivity index (χ3n) is 1.98. The van der Waals surface area contributed by atoms with Gasteiger partial charge in [0.2, 0.25) is 0 Å². The molecule has 15 heavy (non-hydrogen) atoms. The van der Waals surface area contributed by atoms with E-state index in [-0.39, 0.29) is 0 Å². The Labute approximate surface area is 106 Å². The molecule has 0 aliphatic heterocycles. The van der Waals surface area contributed by atoms with E-state index in [9.17, 15) is 0 Å². The van der Waals surface area contributed by atoms with Crippen LogP contribution in [0.15, 0.2) is 18.2 Å². The van der Waals surface area contributed by atoms with Gasteiger partial charge >= 0.3 is 0 Å². The largest absolute Gasteiger partial charge is 0.492 e. The van der Waals surface area contributed by atoms with Gasteiger partial charge in [-0.05, 0) is 35.0 Å². The maximum atomic E-state index is 5.48. The van der Waals surface area contributed by atoms with Gasteiger partial charge in [-0.15, -0.1) is 0 Å². The minimum Gasteiger partial charge on any atom is -0.492 e. The number of hydrogen-bond donors (Lipinski definition) is 3. The lowest BCUT2D eigenvalue weighted by molar-refractivity contribution is 0.323. The van der Waals surface area contributed by atoms with E-state index < -0.39 is 0 Å². The zero-order valence-electron chi connectivity index (χ0n) is 8.24. The zero-order chi connectivity index (χ0) is 11.1. The Kier molecular flexibility index (Phi) is 6.32. The van der Waals surface area contributed by atoms with Gasteiger partial charge in [0.25, 0.3) is 0 Å². The Bertz CT molecular complexity index is 309. The third-order valence-corrected chi connectivity index (χ3v) is 2.85. The third kappa shape index (κ3) is 4.15. The Balaban J connectivity index is 2.66. The van der Waals surface area contributed by atoms with Crippen LogP contribution in [0.5, 0.6) is 5.75 Å². The van der Waals surface area contributed by atoms with Crippen LogP contribution < -0.4 is 9.57 Å². The molecule has 5 heteroatoms. The Morgan fingerprint density at radius 3 is 2.53 bits per heavy atom. The highest BCUT2D eigenvalue weighted by Gasteiger charge is 2.01. The highest BCUT2D eigenvalue weighted by atomic mass is 35.5. The molecule has 0 unspecified atom stereocenters. The highest BCUT2D eigenvalue weighted by Crippen LogP contribution is 2.20. The lowest BCUT2D eigenvalue weighted by atomic mass is 10.1. The standard InChI is InChI=1S/C10H14ClNOS2/c11-12-3-4-13-10-2-1-8(6-14)9(5-10)7-15/h1-2,5,12,14-15H,3-4,6-7H2. The van der Waals surface area contributed by atoms with Crippen molar-refractivity contribution >= 4 is 37.0 Å². The zero-order valence-corrected chi connectivity index (χ0v) is 10.8. The molecule has 0 aromatic heterocycles. The van der Waals surface area contributed by atoms with Crippen LogP contribution in [-0.4, -0.2) is 13.2 Å². The van der Waals surface area contributed by atoms with Crippen LogP contribution in [0.4, 0.5) is 0 Å². The summed E-state index contributed by atoms with van der Waals surface area (Å²) < 4.78 is 5.48. The van der Waals surface area contributed by atoms with E-state index in [1.807, 2.05) is 18.2 Å². The van der Waals surface area contributed by atoms with Crippen LogP contribution in [0.1, 0.15) is 11.1 Å². The van der Waals surface area contributed by atoms with Crippen LogP contribution in [0, 0.1) is 0 Å². The predicted octanol–water partition coefficient (Wildman–Crippen LogP) is 2.67. The van der Waals surface area contributed by atoms with Crippen molar-refractivity contribution in [3.8, 4) is 5.75 Å². The van der Waals surface area contributed by atoms with Gasteiger partial charge in [-0.25, -0.2) is 4.84 Å². The summed E-state index contributed by atoms with van der Waals surface area (Å²) in [6, 6.07) is 5.95. The van der Waals surface area contributed by atoms with Gasteiger partial charge in [-0.1, -0.05) is 6.07 Å². The lowest BCUT2D eigenvalue weighted by Gasteiger charge is -2.09. The summed E-state index contributed by atoms with van der Waals surface area (Å²) >= 11 is 13.8. The fraction of sp³-hybridized carbons (Fsp3) is 0.400. The Hall–Kier alpha value is -0.0300. The molecule has 84 valence electrons. The molecule has 0 saturated heterocycles. The van der Waals surface area contributed by atoms with Gasteiger partial charge in [0.15, 0.2) is 0 Å². The molecule has 0 amide bonds. The summed E-state index contributed by atoms with van der Waals surface area (Å²) in [4.78, 5) is 2.51. The van der Waals surface area contributed by atoms with E-state index in [0.29, 0.717) is 18.9 Å². The fourth-order valence-corrected chi connectivity index (χ4v) is 1.88. The van der Waals surface area contributed by atoms with Crippen molar-refractivity contribution in [1.29, 1.82) is 0 Å². The molecule has 0 saturated carbocycles. The Morgan fingerprint density at radius 2 is 1.93 bits per heavy atom. The molecule has 1 rings (SSSR count). The normalized spacial score (nSPS) is 10.3. The molecule has 0 radical (unpaired) electrons. The van der Waals surface area contributed by atoms with Crippen molar-refractivity contribution in [2.24, 2.45) is 0 Å². The van der Waals surface area contributed by atoms with Crippen molar-refractivity contribution in [1.82, 2.24) is 4.84 Å². The Morgan fingerprint density at radius 1 is 1.20 bits per heavy atom. The number of thiol groups is 2. The molecule has 0 aliphatic rings. The number of benzene rings is 1. The molecule has 2 nitrogen and oxygen atoms in total. The number of nitrogens with one attached hydrogen (secondary N) is 1. The molecule has 0 heterocycles. The lowest BCUT2D eigenvalue weighted by Crippen LogP contribution is -2.11. The summed E-state index contributed by atoms with van der Waals surface area (Å²) in [5.74, 6) is 2.26. The van der Waals surface area contributed by atoms with E-state index >= 15 is 0 Å². The first-order valence-electron chi connectivity index (χ1n) is 4.61.